The number of hydrogen-bond donors (Lipinski definition) is 1. The van der Waals surface area contributed by atoms with Crippen molar-refractivity contribution in [3.8, 4) is 5.75 Å². The van der Waals surface area contributed by atoms with Gasteiger partial charge >= 0.3 is 6.09 Å². The first kappa shape index (κ1) is 36.1. The number of sulfonamides is 1. The number of carbonyl (C=O) groups is 2. The van der Waals surface area contributed by atoms with Gasteiger partial charge in [0.25, 0.3) is 15.9 Å². The van der Waals surface area contributed by atoms with Gasteiger partial charge in [0.15, 0.2) is 0 Å². The van der Waals surface area contributed by atoms with Crippen LogP contribution in [0.25, 0.3) is 0 Å². The third kappa shape index (κ3) is 7.34. The van der Waals surface area contributed by atoms with Gasteiger partial charge in [0.1, 0.15) is 17.5 Å². The average molecular weight is 742 g/mol. The Bertz CT molecular complexity index is 1830. The fourth-order valence-electron chi connectivity index (χ4n) is 8.25. The van der Waals surface area contributed by atoms with Gasteiger partial charge in [-0.3, -0.25) is 4.79 Å². The standard InChI is InChI=1S/C38H48ClN3O8S/c1-36(2)22-41(16-18-48-36)35(44)50-32-8-6-17-49-37(3,4)34(43)40-51(45,46)28-11-14-33-31(20-28)42(21-26-9-12-29(26)32)23-38(24-47-33)15-5-7-25-19-27(39)10-13-30(25)38/h6,8,10-11,13-14,19-20,26,29,32H,5,7,9,12,15-18,21-24H2,1-4H3,(H,40,43)/t26-,29+,32-,38-/m0/s1. The summed E-state index contributed by atoms with van der Waals surface area (Å²) in [6, 6.07) is 10.9. The fourth-order valence-corrected chi connectivity index (χ4v) is 9.56. The minimum Gasteiger partial charge on any atom is -0.490 e. The lowest BCUT2D eigenvalue weighted by Gasteiger charge is -2.46. The van der Waals surface area contributed by atoms with Crippen molar-refractivity contribution < 1.29 is 37.0 Å². The van der Waals surface area contributed by atoms with E-state index >= 15 is 0 Å². The summed E-state index contributed by atoms with van der Waals surface area (Å²) in [5.41, 5.74) is 0.758. The Kier molecular flexibility index (Phi) is 9.60. The third-order valence-electron chi connectivity index (χ3n) is 11.2. The van der Waals surface area contributed by atoms with Gasteiger partial charge < -0.3 is 28.7 Å². The lowest BCUT2D eigenvalue weighted by atomic mass is 9.68. The number of fused-ring (bicyclic) bond motifs is 4. The van der Waals surface area contributed by atoms with Crippen LogP contribution in [-0.4, -0.2) is 88.6 Å². The second-order valence-corrected chi connectivity index (χ2v) is 17.9. The van der Waals surface area contributed by atoms with Gasteiger partial charge in [-0.1, -0.05) is 23.7 Å². The van der Waals surface area contributed by atoms with Gasteiger partial charge in [-0.25, -0.2) is 17.9 Å². The first-order valence-electron chi connectivity index (χ1n) is 17.9. The Balaban J connectivity index is 1.27. The highest BCUT2D eigenvalue weighted by atomic mass is 35.5. The van der Waals surface area contributed by atoms with Crippen LogP contribution in [-0.2, 0) is 40.9 Å². The maximum Gasteiger partial charge on any atom is 0.410 e. The van der Waals surface area contributed by atoms with Crippen LogP contribution >= 0.6 is 11.6 Å². The number of morpholine rings is 1. The van der Waals surface area contributed by atoms with Gasteiger partial charge in [-0.15, -0.1) is 0 Å². The minimum atomic E-state index is -4.25. The minimum absolute atomic E-state index is 0.0106. The first-order chi connectivity index (χ1) is 24.1. The Morgan fingerprint density at radius 1 is 1.06 bits per heavy atom. The van der Waals surface area contributed by atoms with Crippen molar-refractivity contribution in [1.82, 2.24) is 9.62 Å². The molecule has 3 heterocycles. The van der Waals surface area contributed by atoms with E-state index in [-0.39, 0.29) is 34.8 Å². The van der Waals surface area contributed by atoms with Gasteiger partial charge in [0, 0.05) is 36.0 Å². The van der Waals surface area contributed by atoms with Crippen LogP contribution in [0.15, 0.2) is 53.4 Å². The number of rotatable bonds is 1. The molecule has 2 bridgehead atoms. The summed E-state index contributed by atoms with van der Waals surface area (Å²) in [4.78, 5) is 30.8. The molecule has 51 heavy (non-hydrogen) atoms. The molecular formula is C38H48ClN3O8S. The number of ether oxygens (including phenoxy) is 4. The topological polar surface area (TPSA) is 124 Å². The molecule has 0 aromatic heterocycles. The number of aryl methyl sites for hydroxylation is 1. The fraction of sp³-hybridized carbons (Fsp3) is 0.579. The van der Waals surface area contributed by atoms with Gasteiger partial charge in [-0.05, 0) is 113 Å². The summed E-state index contributed by atoms with van der Waals surface area (Å²) in [6.07, 6.45) is 7.26. The molecule has 1 saturated carbocycles. The molecule has 4 atom stereocenters. The van der Waals surface area contributed by atoms with Crippen molar-refractivity contribution in [3.05, 3.63) is 64.7 Å². The van der Waals surface area contributed by atoms with Gasteiger partial charge in [0.05, 0.1) is 42.5 Å². The molecule has 7 rings (SSSR count). The number of carbonyl (C=O) groups excluding carboxylic acids is 2. The lowest BCUT2D eigenvalue weighted by molar-refractivity contribution is -0.139. The SMILES string of the molecule is CC1(C)CN(C(=O)O[C@H]2C=CCOC(C)(C)C(=O)NS(=O)(=O)c3ccc4c(c3)N(C[C@@H]3CC[C@H]32)C[C@@]2(CCCc3cc(Cl)ccc32)CO4)CCO1. The van der Waals surface area contributed by atoms with Gasteiger partial charge in [-0.2, -0.15) is 0 Å². The largest absolute Gasteiger partial charge is 0.490 e. The predicted molar refractivity (Wildman–Crippen MR) is 193 cm³/mol. The molecule has 0 radical (unpaired) electrons. The van der Waals surface area contributed by atoms with Gasteiger partial charge in [0.2, 0.25) is 0 Å². The van der Waals surface area contributed by atoms with E-state index in [2.05, 4.69) is 15.7 Å². The highest BCUT2D eigenvalue weighted by Crippen LogP contribution is 2.47. The summed E-state index contributed by atoms with van der Waals surface area (Å²) in [5, 5.41) is 0.700. The number of hydrogen-bond acceptors (Lipinski definition) is 9. The van der Waals surface area contributed by atoms with E-state index in [0.29, 0.717) is 55.9 Å². The number of nitrogens with one attached hydrogen (secondary N) is 1. The van der Waals surface area contributed by atoms with Crippen LogP contribution in [0.1, 0.15) is 64.5 Å². The second kappa shape index (κ2) is 13.6. The maximum absolute atomic E-state index is 13.7. The molecule has 2 aromatic rings. The molecule has 3 aliphatic heterocycles. The zero-order valence-corrected chi connectivity index (χ0v) is 31.4. The molecule has 1 N–H and O–H groups in total. The third-order valence-corrected chi connectivity index (χ3v) is 12.8. The molecule has 13 heteroatoms. The van der Waals surface area contributed by atoms with Crippen LogP contribution in [0.2, 0.25) is 5.02 Å². The van der Waals surface area contributed by atoms with Crippen LogP contribution in [0, 0.1) is 11.8 Å². The Morgan fingerprint density at radius 2 is 1.88 bits per heavy atom. The normalized spacial score (nSPS) is 29.7. The summed E-state index contributed by atoms with van der Waals surface area (Å²) >= 11 is 6.45. The van der Waals surface area contributed by atoms with Crippen molar-refractivity contribution in [2.24, 2.45) is 11.8 Å². The smallest absolute Gasteiger partial charge is 0.410 e. The van der Waals surface area contributed by atoms with Crippen LogP contribution in [0.5, 0.6) is 5.75 Å². The highest BCUT2D eigenvalue weighted by Gasteiger charge is 2.46. The predicted octanol–water partition coefficient (Wildman–Crippen LogP) is 5.63. The van der Waals surface area contributed by atoms with Crippen molar-refractivity contribution in [3.63, 3.8) is 0 Å². The van der Waals surface area contributed by atoms with Crippen LogP contribution in [0.4, 0.5) is 10.5 Å². The average Bonchev–Trinajstić information content (AvgIpc) is 3.20. The molecule has 276 valence electrons. The summed E-state index contributed by atoms with van der Waals surface area (Å²) in [5.74, 6) is -0.0670. The number of nitrogens with zero attached hydrogens (tertiary/aromatic N) is 2. The Labute approximate surface area is 305 Å². The summed E-state index contributed by atoms with van der Waals surface area (Å²) < 4.78 is 54.1. The van der Waals surface area contributed by atoms with Crippen molar-refractivity contribution >= 4 is 39.3 Å². The molecule has 2 fully saturated rings. The molecule has 2 aromatic carbocycles. The first-order valence-corrected chi connectivity index (χ1v) is 19.8. The summed E-state index contributed by atoms with van der Waals surface area (Å²) in [7, 11) is -4.25. The monoisotopic (exact) mass is 741 g/mol. The zero-order chi connectivity index (χ0) is 36.2. The van der Waals surface area contributed by atoms with E-state index in [4.69, 9.17) is 30.5 Å². The molecule has 1 spiro atoms. The quantitative estimate of drug-likeness (QED) is 0.371. The van der Waals surface area contributed by atoms with E-state index in [1.54, 1.807) is 23.1 Å². The van der Waals surface area contributed by atoms with Crippen LogP contribution in [0.3, 0.4) is 0 Å². The lowest BCUT2D eigenvalue weighted by Crippen LogP contribution is -2.53. The molecule has 0 unspecified atom stereocenters. The molecule has 2 amide bonds. The van der Waals surface area contributed by atoms with E-state index in [1.807, 2.05) is 32.1 Å². The Hall–Kier alpha value is -3.32. The Morgan fingerprint density at radius 3 is 2.65 bits per heavy atom. The van der Waals surface area contributed by atoms with E-state index in [1.165, 1.54) is 31.0 Å². The highest BCUT2D eigenvalue weighted by molar-refractivity contribution is 7.90. The van der Waals surface area contributed by atoms with Crippen molar-refractivity contribution in [2.45, 2.75) is 87.4 Å². The number of anilines is 1. The van der Waals surface area contributed by atoms with Crippen molar-refractivity contribution in [2.75, 3.05) is 50.9 Å². The summed E-state index contributed by atoms with van der Waals surface area (Å²) in [6.45, 7) is 9.91. The van der Waals surface area contributed by atoms with E-state index in [0.717, 1.165) is 32.1 Å². The van der Waals surface area contributed by atoms with Crippen molar-refractivity contribution in [1.29, 1.82) is 0 Å². The molecule has 5 aliphatic rings. The second-order valence-electron chi connectivity index (χ2n) is 15.8. The molecule has 2 aliphatic carbocycles. The molecular weight excluding hydrogens is 694 g/mol. The van der Waals surface area contributed by atoms with E-state index < -0.39 is 33.2 Å². The molecule has 11 nitrogen and oxygen atoms in total. The van der Waals surface area contributed by atoms with E-state index in [9.17, 15) is 18.0 Å². The molecule has 1 saturated heterocycles. The maximum atomic E-state index is 13.7. The number of benzene rings is 2. The zero-order valence-electron chi connectivity index (χ0n) is 29.8. The number of halogens is 1. The van der Waals surface area contributed by atoms with Crippen LogP contribution < -0.4 is 14.4 Å². The number of amides is 2.